The van der Waals surface area contributed by atoms with Crippen LogP contribution in [0.2, 0.25) is 0 Å². The number of rotatable bonds is 8. The Morgan fingerprint density at radius 1 is 1.09 bits per heavy atom. The minimum absolute atomic E-state index is 0.0555. The number of aryl methyl sites for hydroxylation is 1. The first-order chi connectivity index (χ1) is 16.5. The normalized spacial score (nSPS) is 15.1. The fourth-order valence-electron chi connectivity index (χ4n) is 3.89. The van der Waals surface area contributed by atoms with Crippen LogP contribution in [0, 0.1) is 13.8 Å². The highest BCUT2D eigenvalue weighted by Gasteiger charge is 2.25. The van der Waals surface area contributed by atoms with E-state index in [0.29, 0.717) is 30.2 Å². The van der Waals surface area contributed by atoms with Gasteiger partial charge in [0.15, 0.2) is 0 Å². The number of carbonyl (C=O) groups is 2. The molecule has 1 aliphatic rings. The third-order valence-electron chi connectivity index (χ3n) is 5.92. The van der Waals surface area contributed by atoms with Gasteiger partial charge in [-0.25, -0.2) is 0 Å². The Kier molecular flexibility index (Phi) is 7.54. The predicted molar refractivity (Wildman–Crippen MR) is 130 cm³/mol. The van der Waals surface area contributed by atoms with E-state index in [2.05, 4.69) is 10.3 Å². The Bertz CT molecular complexity index is 1130. The van der Waals surface area contributed by atoms with Gasteiger partial charge in [0.25, 0.3) is 5.91 Å². The Labute approximate surface area is 199 Å². The van der Waals surface area contributed by atoms with E-state index in [0.717, 1.165) is 29.7 Å². The number of anilines is 1. The van der Waals surface area contributed by atoms with Gasteiger partial charge < -0.3 is 19.7 Å². The molecule has 1 N–H and O–H groups in total. The van der Waals surface area contributed by atoms with E-state index >= 15 is 0 Å². The summed E-state index contributed by atoms with van der Waals surface area (Å²) in [6.45, 7) is 4.96. The molecule has 1 unspecified atom stereocenters. The van der Waals surface area contributed by atoms with E-state index < -0.39 is 0 Å². The maximum absolute atomic E-state index is 13.4. The van der Waals surface area contributed by atoms with Crippen molar-refractivity contribution in [2.45, 2.75) is 32.8 Å². The minimum atomic E-state index is -0.239. The average molecular weight is 460 g/mol. The van der Waals surface area contributed by atoms with Gasteiger partial charge in [-0.2, -0.15) is 0 Å². The second-order valence-electron chi connectivity index (χ2n) is 8.43. The van der Waals surface area contributed by atoms with E-state index in [4.69, 9.17) is 9.47 Å². The van der Waals surface area contributed by atoms with Crippen molar-refractivity contribution < 1.29 is 19.1 Å². The summed E-state index contributed by atoms with van der Waals surface area (Å²) in [5, 5.41) is 2.95. The van der Waals surface area contributed by atoms with Gasteiger partial charge in [0.1, 0.15) is 18.0 Å². The summed E-state index contributed by atoms with van der Waals surface area (Å²) < 4.78 is 11.5. The lowest BCUT2D eigenvalue weighted by Crippen LogP contribution is -2.42. The van der Waals surface area contributed by atoms with Crippen LogP contribution < -0.4 is 10.1 Å². The number of nitrogens with zero attached hydrogens (tertiary/aromatic N) is 2. The number of ether oxygens (including phenoxy) is 2. The monoisotopic (exact) mass is 459 g/mol. The van der Waals surface area contributed by atoms with Gasteiger partial charge in [0, 0.05) is 30.6 Å². The van der Waals surface area contributed by atoms with Crippen molar-refractivity contribution in [2.75, 3.05) is 25.0 Å². The fraction of sp³-hybridized carbons (Fsp3) is 0.296. The van der Waals surface area contributed by atoms with E-state index in [1.807, 2.05) is 38.1 Å². The van der Waals surface area contributed by atoms with Crippen molar-refractivity contribution in [2.24, 2.45) is 0 Å². The molecular formula is C27H29N3O4. The zero-order chi connectivity index (χ0) is 23.9. The van der Waals surface area contributed by atoms with Crippen LogP contribution in [0.4, 0.5) is 5.69 Å². The van der Waals surface area contributed by atoms with E-state index in [-0.39, 0.29) is 24.5 Å². The lowest BCUT2D eigenvalue weighted by Gasteiger charge is -2.25. The van der Waals surface area contributed by atoms with Gasteiger partial charge in [-0.1, -0.05) is 12.1 Å². The topological polar surface area (TPSA) is 80.8 Å². The van der Waals surface area contributed by atoms with Crippen LogP contribution in [-0.2, 0) is 9.53 Å². The maximum atomic E-state index is 13.4. The molecule has 34 heavy (non-hydrogen) atoms. The number of benzene rings is 2. The molecule has 0 saturated carbocycles. The molecule has 0 aliphatic carbocycles. The summed E-state index contributed by atoms with van der Waals surface area (Å²) in [4.78, 5) is 31.8. The molecule has 7 heteroatoms. The molecule has 2 aromatic carbocycles. The van der Waals surface area contributed by atoms with Crippen LogP contribution in [0.25, 0.3) is 0 Å². The molecule has 2 amide bonds. The van der Waals surface area contributed by atoms with Crippen LogP contribution in [0.5, 0.6) is 11.5 Å². The molecule has 1 atom stereocenters. The van der Waals surface area contributed by atoms with Crippen molar-refractivity contribution in [3.63, 3.8) is 0 Å². The lowest BCUT2D eigenvalue weighted by molar-refractivity contribution is -0.117. The smallest absolute Gasteiger partial charge is 0.254 e. The number of amides is 2. The standard InChI is InChI=1S/C27H29N3O4/c1-19-6-3-9-25(20(19)2)29-26(31)18-30(17-24-8-5-15-33-24)27(32)21-10-12-22(13-11-21)34-23-7-4-14-28-16-23/h3-4,6-7,9-14,16,24H,5,8,15,17-18H2,1-2H3,(H,29,31). The van der Waals surface area contributed by atoms with Crippen LogP contribution in [0.15, 0.2) is 67.0 Å². The summed E-state index contributed by atoms with van der Waals surface area (Å²) >= 11 is 0. The van der Waals surface area contributed by atoms with Gasteiger partial charge in [-0.05, 0) is 80.3 Å². The Morgan fingerprint density at radius 2 is 1.91 bits per heavy atom. The summed E-state index contributed by atoms with van der Waals surface area (Å²) in [7, 11) is 0. The second kappa shape index (κ2) is 10.9. The molecule has 4 rings (SSSR count). The number of hydrogen-bond acceptors (Lipinski definition) is 5. The van der Waals surface area contributed by atoms with Crippen molar-refractivity contribution in [3.8, 4) is 11.5 Å². The van der Waals surface area contributed by atoms with Gasteiger partial charge in [0.05, 0.1) is 12.3 Å². The van der Waals surface area contributed by atoms with Crippen molar-refractivity contribution >= 4 is 17.5 Å². The van der Waals surface area contributed by atoms with E-state index in [1.54, 1.807) is 47.6 Å². The van der Waals surface area contributed by atoms with Gasteiger partial charge in [-0.15, -0.1) is 0 Å². The molecule has 0 spiro atoms. The van der Waals surface area contributed by atoms with Crippen LogP contribution in [0.1, 0.15) is 34.3 Å². The van der Waals surface area contributed by atoms with Crippen LogP contribution in [-0.4, -0.2) is 47.5 Å². The quantitative estimate of drug-likeness (QED) is 0.526. The fourth-order valence-corrected chi connectivity index (χ4v) is 3.89. The largest absolute Gasteiger partial charge is 0.456 e. The highest BCUT2D eigenvalue weighted by molar-refractivity contribution is 5.99. The Hall–Kier alpha value is -3.71. The third kappa shape index (κ3) is 5.99. The van der Waals surface area contributed by atoms with E-state index in [1.165, 1.54) is 0 Å². The summed E-state index contributed by atoms with van der Waals surface area (Å²) in [5.41, 5.74) is 3.35. The summed E-state index contributed by atoms with van der Waals surface area (Å²) in [5.74, 6) is 0.753. The van der Waals surface area contributed by atoms with Gasteiger partial charge in [-0.3, -0.25) is 14.6 Å². The molecule has 1 aromatic heterocycles. The maximum Gasteiger partial charge on any atom is 0.254 e. The molecule has 0 bridgehead atoms. The van der Waals surface area contributed by atoms with Crippen LogP contribution >= 0.6 is 0 Å². The van der Waals surface area contributed by atoms with E-state index in [9.17, 15) is 9.59 Å². The number of pyridine rings is 1. The van der Waals surface area contributed by atoms with Gasteiger partial charge in [0.2, 0.25) is 5.91 Å². The molecule has 2 heterocycles. The SMILES string of the molecule is Cc1cccc(NC(=O)CN(CC2CCCO2)C(=O)c2ccc(Oc3cccnc3)cc2)c1C. The first-order valence-electron chi connectivity index (χ1n) is 11.4. The Morgan fingerprint density at radius 3 is 2.62 bits per heavy atom. The zero-order valence-corrected chi connectivity index (χ0v) is 19.5. The number of aromatic nitrogens is 1. The summed E-state index contributed by atoms with van der Waals surface area (Å²) in [6.07, 6.45) is 5.07. The van der Waals surface area contributed by atoms with Crippen LogP contribution in [0.3, 0.4) is 0 Å². The number of nitrogens with one attached hydrogen (secondary N) is 1. The number of hydrogen-bond donors (Lipinski definition) is 1. The highest BCUT2D eigenvalue weighted by Crippen LogP contribution is 2.22. The molecule has 0 radical (unpaired) electrons. The molecular weight excluding hydrogens is 430 g/mol. The zero-order valence-electron chi connectivity index (χ0n) is 19.5. The van der Waals surface area contributed by atoms with Crippen molar-refractivity contribution in [1.82, 2.24) is 9.88 Å². The molecule has 1 fully saturated rings. The summed E-state index contributed by atoms with van der Waals surface area (Å²) in [6, 6.07) is 16.3. The molecule has 1 saturated heterocycles. The Balaban J connectivity index is 1.46. The molecule has 7 nitrogen and oxygen atoms in total. The second-order valence-corrected chi connectivity index (χ2v) is 8.43. The molecule has 1 aliphatic heterocycles. The minimum Gasteiger partial charge on any atom is -0.456 e. The predicted octanol–water partition coefficient (Wildman–Crippen LogP) is 4.75. The molecule has 176 valence electrons. The van der Waals surface area contributed by atoms with Crippen molar-refractivity contribution in [3.05, 3.63) is 83.7 Å². The third-order valence-corrected chi connectivity index (χ3v) is 5.92. The first-order valence-corrected chi connectivity index (χ1v) is 11.4. The first kappa shape index (κ1) is 23.4. The number of carbonyl (C=O) groups excluding carboxylic acids is 2. The highest BCUT2D eigenvalue weighted by atomic mass is 16.5. The lowest BCUT2D eigenvalue weighted by atomic mass is 10.1. The van der Waals surface area contributed by atoms with Crippen molar-refractivity contribution in [1.29, 1.82) is 0 Å². The average Bonchev–Trinajstić information content (AvgIpc) is 3.35. The molecule has 3 aromatic rings. The van der Waals surface area contributed by atoms with Gasteiger partial charge >= 0.3 is 0 Å².